The van der Waals surface area contributed by atoms with Crippen molar-refractivity contribution in [2.75, 3.05) is 0 Å². The molecule has 3 aromatic rings. The first-order valence-electron chi connectivity index (χ1n) is 6.81. The summed E-state index contributed by atoms with van der Waals surface area (Å²) in [4.78, 5) is 14.3. The fourth-order valence-corrected chi connectivity index (χ4v) is 2.46. The van der Waals surface area contributed by atoms with Crippen molar-refractivity contribution in [2.24, 2.45) is 0 Å². The molecular weight excluding hydrogens is 285 g/mol. The van der Waals surface area contributed by atoms with Gasteiger partial charge in [0.1, 0.15) is 29.0 Å². The van der Waals surface area contributed by atoms with Crippen LogP contribution in [-0.2, 0) is 16.8 Å². The van der Waals surface area contributed by atoms with Gasteiger partial charge in [-0.1, -0.05) is 6.07 Å². The van der Waals surface area contributed by atoms with E-state index in [1.54, 1.807) is 18.2 Å². The van der Waals surface area contributed by atoms with E-state index in [-0.39, 0.29) is 11.3 Å². The van der Waals surface area contributed by atoms with Crippen LogP contribution in [0.5, 0.6) is 0 Å². The van der Waals surface area contributed by atoms with Crippen molar-refractivity contribution >= 4 is 17.3 Å². The smallest absolute Gasteiger partial charge is 0.148 e. The van der Waals surface area contributed by atoms with E-state index in [1.807, 2.05) is 6.07 Å². The van der Waals surface area contributed by atoms with Gasteiger partial charge in [0.2, 0.25) is 0 Å². The quantitative estimate of drug-likeness (QED) is 0.752. The molecule has 1 N–H and O–H groups in total. The normalized spacial score (nSPS) is 14.0. The lowest BCUT2D eigenvalue weighted by Gasteiger charge is -2.21. The molecule has 0 aliphatic rings. The zero-order valence-electron chi connectivity index (χ0n) is 11.9. The SMILES string of the molecule is CC(O)(c1cc2cc(CC=O)ccc2o1)c1ccncc1F. The molecule has 0 aliphatic heterocycles. The highest BCUT2D eigenvalue weighted by Gasteiger charge is 2.32. The highest BCUT2D eigenvalue weighted by atomic mass is 19.1. The van der Waals surface area contributed by atoms with Gasteiger partial charge >= 0.3 is 0 Å². The molecule has 0 radical (unpaired) electrons. The van der Waals surface area contributed by atoms with Crippen molar-refractivity contribution < 1.29 is 18.7 Å². The van der Waals surface area contributed by atoms with E-state index in [0.29, 0.717) is 12.0 Å². The fourth-order valence-electron chi connectivity index (χ4n) is 2.46. The van der Waals surface area contributed by atoms with E-state index in [4.69, 9.17) is 4.42 Å². The number of pyridine rings is 1. The average molecular weight is 299 g/mol. The summed E-state index contributed by atoms with van der Waals surface area (Å²) in [5.41, 5.74) is -0.102. The van der Waals surface area contributed by atoms with Gasteiger partial charge in [-0.05, 0) is 36.8 Å². The first-order valence-corrected chi connectivity index (χ1v) is 6.81. The second kappa shape index (κ2) is 5.35. The monoisotopic (exact) mass is 299 g/mol. The number of carbonyl (C=O) groups excluding carboxylic acids is 1. The predicted octanol–water partition coefficient (Wildman–Crippen LogP) is 2.96. The van der Waals surface area contributed by atoms with E-state index >= 15 is 0 Å². The standard InChI is InChI=1S/C17H14FNO3/c1-17(21,13-4-6-19-10-14(13)18)16-9-12-8-11(5-7-20)2-3-15(12)22-16/h2-4,6-10,21H,5H2,1H3. The maximum atomic E-state index is 13.9. The highest BCUT2D eigenvalue weighted by molar-refractivity contribution is 5.80. The number of rotatable bonds is 4. The third kappa shape index (κ3) is 2.40. The zero-order chi connectivity index (χ0) is 15.7. The molecule has 1 unspecified atom stereocenters. The van der Waals surface area contributed by atoms with Gasteiger partial charge in [0.25, 0.3) is 0 Å². The van der Waals surface area contributed by atoms with Gasteiger partial charge < -0.3 is 14.3 Å². The predicted molar refractivity (Wildman–Crippen MR) is 78.8 cm³/mol. The molecule has 0 saturated carbocycles. The number of carbonyl (C=O) groups is 1. The third-order valence-corrected chi connectivity index (χ3v) is 3.68. The lowest BCUT2D eigenvalue weighted by atomic mass is 9.93. The molecule has 3 rings (SSSR count). The van der Waals surface area contributed by atoms with Crippen LogP contribution < -0.4 is 0 Å². The Morgan fingerprint density at radius 1 is 1.36 bits per heavy atom. The molecule has 4 nitrogen and oxygen atoms in total. The summed E-state index contributed by atoms with van der Waals surface area (Å²) < 4.78 is 19.5. The summed E-state index contributed by atoms with van der Waals surface area (Å²) in [5.74, 6) is -0.370. The van der Waals surface area contributed by atoms with Crippen LogP contribution in [0.3, 0.4) is 0 Å². The van der Waals surface area contributed by atoms with Gasteiger partial charge in [-0.15, -0.1) is 0 Å². The molecule has 0 saturated heterocycles. The minimum atomic E-state index is -1.61. The summed E-state index contributed by atoms with van der Waals surface area (Å²) in [6.45, 7) is 1.47. The van der Waals surface area contributed by atoms with Crippen LogP contribution in [0.1, 0.15) is 23.8 Å². The van der Waals surface area contributed by atoms with Gasteiger partial charge in [0.05, 0.1) is 6.20 Å². The van der Waals surface area contributed by atoms with Crippen molar-refractivity contribution in [3.8, 4) is 0 Å². The second-order valence-corrected chi connectivity index (χ2v) is 5.28. The van der Waals surface area contributed by atoms with Gasteiger partial charge in [0.15, 0.2) is 0 Å². The number of aliphatic hydroxyl groups is 1. The Hall–Kier alpha value is -2.53. The number of nitrogens with zero attached hydrogens (tertiary/aromatic N) is 1. The summed E-state index contributed by atoms with van der Waals surface area (Å²) in [6, 6.07) is 8.40. The maximum Gasteiger partial charge on any atom is 0.148 e. The maximum absolute atomic E-state index is 13.9. The summed E-state index contributed by atoms with van der Waals surface area (Å²) in [6.07, 6.45) is 3.60. The van der Waals surface area contributed by atoms with Gasteiger partial charge in [0, 0.05) is 23.6 Å². The molecule has 0 amide bonds. The molecule has 0 aliphatic carbocycles. The summed E-state index contributed by atoms with van der Waals surface area (Å²) in [7, 11) is 0. The topological polar surface area (TPSA) is 63.3 Å². The first-order chi connectivity index (χ1) is 10.5. The molecule has 22 heavy (non-hydrogen) atoms. The van der Waals surface area contributed by atoms with Crippen LogP contribution in [-0.4, -0.2) is 16.4 Å². The van der Waals surface area contributed by atoms with Crippen LogP contribution >= 0.6 is 0 Å². The highest BCUT2D eigenvalue weighted by Crippen LogP contribution is 2.34. The van der Waals surface area contributed by atoms with Crippen molar-refractivity contribution in [1.82, 2.24) is 4.98 Å². The van der Waals surface area contributed by atoms with Crippen LogP contribution in [0.2, 0.25) is 0 Å². The Kier molecular flexibility index (Phi) is 3.50. The Morgan fingerprint density at radius 3 is 2.91 bits per heavy atom. The molecular formula is C17H14FNO3. The van der Waals surface area contributed by atoms with Gasteiger partial charge in [-0.3, -0.25) is 4.98 Å². The van der Waals surface area contributed by atoms with E-state index in [0.717, 1.165) is 23.4 Å². The van der Waals surface area contributed by atoms with Crippen molar-refractivity contribution in [1.29, 1.82) is 0 Å². The Morgan fingerprint density at radius 2 is 2.18 bits per heavy atom. The summed E-state index contributed by atoms with van der Waals surface area (Å²) >= 11 is 0. The number of fused-ring (bicyclic) bond motifs is 1. The molecule has 0 fully saturated rings. The van der Waals surface area contributed by atoms with Crippen LogP contribution in [0.25, 0.3) is 11.0 Å². The largest absolute Gasteiger partial charge is 0.458 e. The molecule has 2 heterocycles. The van der Waals surface area contributed by atoms with Crippen molar-refractivity contribution in [3.05, 3.63) is 65.4 Å². The van der Waals surface area contributed by atoms with Gasteiger partial charge in [-0.2, -0.15) is 0 Å². The number of hydrogen-bond acceptors (Lipinski definition) is 4. The molecule has 0 spiro atoms. The van der Waals surface area contributed by atoms with Crippen molar-refractivity contribution in [3.63, 3.8) is 0 Å². The Balaban J connectivity index is 2.09. The Labute approximate surface area is 126 Å². The number of aromatic nitrogens is 1. The van der Waals surface area contributed by atoms with Crippen LogP contribution in [0.15, 0.2) is 47.1 Å². The lowest BCUT2D eigenvalue weighted by molar-refractivity contribution is -0.107. The van der Waals surface area contributed by atoms with E-state index < -0.39 is 11.4 Å². The minimum Gasteiger partial charge on any atom is -0.458 e. The van der Waals surface area contributed by atoms with Crippen LogP contribution in [0.4, 0.5) is 4.39 Å². The number of hydrogen-bond donors (Lipinski definition) is 1. The minimum absolute atomic E-state index is 0.0923. The number of aldehydes is 1. The third-order valence-electron chi connectivity index (χ3n) is 3.68. The van der Waals surface area contributed by atoms with Crippen LogP contribution in [0, 0.1) is 5.82 Å². The second-order valence-electron chi connectivity index (χ2n) is 5.28. The molecule has 1 atom stereocenters. The Bertz CT molecular complexity index is 839. The molecule has 5 heteroatoms. The number of benzene rings is 1. The van der Waals surface area contributed by atoms with E-state index in [2.05, 4.69) is 4.98 Å². The molecule has 2 aromatic heterocycles. The average Bonchev–Trinajstić information content (AvgIpc) is 2.92. The fraction of sp³-hybridized carbons (Fsp3) is 0.176. The number of furan rings is 1. The van der Waals surface area contributed by atoms with Gasteiger partial charge in [-0.25, -0.2) is 4.39 Å². The summed E-state index contributed by atoms with van der Waals surface area (Å²) in [5, 5.41) is 11.4. The number of halogens is 1. The van der Waals surface area contributed by atoms with E-state index in [1.165, 1.54) is 19.2 Å². The first kappa shape index (κ1) is 14.4. The lowest BCUT2D eigenvalue weighted by Crippen LogP contribution is -2.23. The molecule has 112 valence electrons. The molecule has 0 bridgehead atoms. The van der Waals surface area contributed by atoms with Crippen molar-refractivity contribution in [2.45, 2.75) is 18.9 Å². The zero-order valence-corrected chi connectivity index (χ0v) is 11.9. The van der Waals surface area contributed by atoms with E-state index in [9.17, 15) is 14.3 Å². The molecule has 1 aromatic carbocycles.